The van der Waals surface area contributed by atoms with E-state index in [1.165, 1.54) is 19.2 Å². The largest absolute Gasteiger partial charge is 0.494 e. The SMILES string of the molecule is COCCOCC(O)c1ccc(OC)c(F)c1. The number of hydrogen-bond donors (Lipinski definition) is 1. The van der Waals surface area contributed by atoms with Gasteiger partial charge < -0.3 is 19.3 Å². The fourth-order valence-electron chi connectivity index (χ4n) is 1.32. The Morgan fingerprint density at radius 3 is 2.65 bits per heavy atom. The maximum atomic E-state index is 13.4. The third kappa shape index (κ3) is 4.30. The lowest BCUT2D eigenvalue weighted by atomic mass is 10.1. The van der Waals surface area contributed by atoms with Gasteiger partial charge in [-0.1, -0.05) is 6.07 Å². The molecule has 0 aliphatic carbocycles. The molecule has 1 aromatic carbocycles. The van der Waals surface area contributed by atoms with Crippen molar-refractivity contribution in [3.63, 3.8) is 0 Å². The Hall–Kier alpha value is -1.17. The summed E-state index contributed by atoms with van der Waals surface area (Å²) in [4.78, 5) is 0. The molecule has 0 aliphatic heterocycles. The van der Waals surface area contributed by atoms with E-state index in [2.05, 4.69) is 0 Å². The standard InChI is InChI=1S/C12H17FO4/c1-15-5-6-17-8-11(14)9-3-4-12(16-2)10(13)7-9/h3-4,7,11,14H,5-6,8H2,1-2H3. The molecule has 0 heterocycles. The average Bonchev–Trinajstić information content (AvgIpc) is 2.34. The van der Waals surface area contributed by atoms with Gasteiger partial charge in [-0.25, -0.2) is 4.39 Å². The van der Waals surface area contributed by atoms with Gasteiger partial charge in [-0.2, -0.15) is 0 Å². The van der Waals surface area contributed by atoms with Crippen LogP contribution in [0.25, 0.3) is 0 Å². The quantitative estimate of drug-likeness (QED) is 0.739. The predicted molar refractivity (Wildman–Crippen MR) is 60.6 cm³/mol. The highest BCUT2D eigenvalue weighted by Crippen LogP contribution is 2.21. The first-order valence-corrected chi connectivity index (χ1v) is 5.27. The molecule has 1 rings (SSSR count). The van der Waals surface area contributed by atoms with Crippen LogP contribution in [-0.2, 0) is 9.47 Å². The highest BCUT2D eigenvalue weighted by molar-refractivity contribution is 5.30. The molecular formula is C12H17FO4. The minimum absolute atomic E-state index is 0.106. The van der Waals surface area contributed by atoms with Gasteiger partial charge in [0.05, 0.1) is 26.9 Å². The third-order valence-corrected chi connectivity index (χ3v) is 2.27. The lowest BCUT2D eigenvalue weighted by molar-refractivity contribution is 0.0125. The zero-order valence-corrected chi connectivity index (χ0v) is 9.98. The molecule has 1 unspecified atom stereocenters. The minimum Gasteiger partial charge on any atom is -0.494 e. The molecule has 0 bridgehead atoms. The maximum Gasteiger partial charge on any atom is 0.165 e. The third-order valence-electron chi connectivity index (χ3n) is 2.27. The Morgan fingerprint density at radius 2 is 2.06 bits per heavy atom. The summed E-state index contributed by atoms with van der Waals surface area (Å²) in [5, 5.41) is 9.73. The van der Waals surface area contributed by atoms with Crippen LogP contribution in [0.4, 0.5) is 4.39 Å². The van der Waals surface area contributed by atoms with Crippen LogP contribution < -0.4 is 4.74 Å². The molecule has 17 heavy (non-hydrogen) atoms. The van der Waals surface area contributed by atoms with Crippen LogP contribution >= 0.6 is 0 Å². The Morgan fingerprint density at radius 1 is 1.29 bits per heavy atom. The number of ether oxygens (including phenoxy) is 3. The molecule has 0 spiro atoms. The van der Waals surface area contributed by atoms with Crippen LogP contribution in [0.15, 0.2) is 18.2 Å². The highest BCUT2D eigenvalue weighted by atomic mass is 19.1. The number of halogens is 1. The van der Waals surface area contributed by atoms with Crippen molar-refractivity contribution in [3.8, 4) is 5.75 Å². The molecule has 0 aliphatic rings. The normalized spacial score (nSPS) is 12.5. The summed E-state index contributed by atoms with van der Waals surface area (Å²) < 4.78 is 28.1. The lowest BCUT2D eigenvalue weighted by Crippen LogP contribution is -2.10. The first-order valence-electron chi connectivity index (χ1n) is 5.27. The average molecular weight is 244 g/mol. The lowest BCUT2D eigenvalue weighted by Gasteiger charge is -2.12. The van der Waals surface area contributed by atoms with Gasteiger partial charge >= 0.3 is 0 Å². The van der Waals surface area contributed by atoms with Crippen LogP contribution in [0.3, 0.4) is 0 Å². The monoisotopic (exact) mass is 244 g/mol. The molecule has 0 amide bonds. The topological polar surface area (TPSA) is 47.9 Å². The van der Waals surface area contributed by atoms with E-state index in [0.29, 0.717) is 18.8 Å². The zero-order chi connectivity index (χ0) is 12.7. The molecule has 0 fully saturated rings. The van der Waals surface area contributed by atoms with E-state index in [4.69, 9.17) is 14.2 Å². The summed E-state index contributed by atoms with van der Waals surface area (Å²) in [6.45, 7) is 0.963. The number of methoxy groups -OCH3 is 2. The molecule has 0 saturated carbocycles. The van der Waals surface area contributed by atoms with Gasteiger partial charge in [-0.05, 0) is 17.7 Å². The van der Waals surface area contributed by atoms with Crippen molar-refractivity contribution >= 4 is 0 Å². The van der Waals surface area contributed by atoms with E-state index in [-0.39, 0.29) is 12.4 Å². The second kappa shape index (κ2) is 7.21. The van der Waals surface area contributed by atoms with Gasteiger partial charge in [0, 0.05) is 7.11 Å². The summed E-state index contributed by atoms with van der Waals surface area (Å²) >= 11 is 0. The molecule has 5 heteroatoms. The predicted octanol–water partition coefficient (Wildman–Crippen LogP) is 1.53. The Bertz CT molecular complexity index is 343. The molecule has 1 N–H and O–H groups in total. The van der Waals surface area contributed by atoms with E-state index in [9.17, 15) is 9.50 Å². The number of aliphatic hydroxyl groups excluding tert-OH is 1. The molecule has 4 nitrogen and oxygen atoms in total. The van der Waals surface area contributed by atoms with Crippen molar-refractivity contribution in [3.05, 3.63) is 29.6 Å². The molecule has 0 aromatic heterocycles. The van der Waals surface area contributed by atoms with E-state index in [0.717, 1.165) is 0 Å². The first kappa shape index (κ1) is 13.9. The summed E-state index contributed by atoms with van der Waals surface area (Å²) in [6.07, 6.45) is -0.854. The Labute approximate surface area is 99.9 Å². The van der Waals surface area contributed by atoms with Crippen molar-refractivity contribution in [1.82, 2.24) is 0 Å². The number of benzene rings is 1. The van der Waals surface area contributed by atoms with Crippen LogP contribution in [0.1, 0.15) is 11.7 Å². The summed E-state index contributed by atoms with van der Waals surface area (Å²) in [5.74, 6) is -0.345. The van der Waals surface area contributed by atoms with Gasteiger partial charge in [-0.15, -0.1) is 0 Å². The second-order valence-electron chi connectivity index (χ2n) is 3.48. The van der Waals surface area contributed by atoms with Crippen molar-refractivity contribution in [2.75, 3.05) is 34.0 Å². The molecule has 1 aromatic rings. The van der Waals surface area contributed by atoms with Crippen molar-refractivity contribution in [2.24, 2.45) is 0 Å². The molecule has 0 radical (unpaired) electrons. The number of aliphatic hydroxyl groups is 1. The number of rotatable bonds is 7. The number of hydrogen-bond acceptors (Lipinski definition) is 4. The summed E-state index contributed by atoms with van der Waals surface area (Å²) in [7, 11) is 2.96. The van der Waals surface area contributed by atoms with Gasteiger partial charge in [0.25, 0.3) is 0 Å². The molecule has 1 atom stereocenters. The van der Waals surface area contributed by atoms with Crippen LogP contribution in [-0.4, -0.2) is 39.1 Å². The Balaban J connectivity index is 2.51. The van der Waals surface area contributed by atoms with E-state index < -0.39 is 11.9 Å². The van der Waals surface area contributed by atoms with E-state index in [1.807, 2.05) is 0 Å². The summed E-state index contributed by atoms with van der Waals surface area (Å²) in [6, 6.07) is 4.32. The Kier molecular flexibility index (Phi) is 5.90. The zero-order valence-electron chi connectivity index (χ0n) is 9.98. The molecular weight excluding hydrogens is 227 g/mol. The first-order chi connectivity index (χ1) is 8.19. The fraction of sp³-hybridized carbons (Fsp3) is 0.500. The van der Waals surface area contributed by atoms with E-state index >= 15 is 0 Å². The second-order valence-corrected chi connectivity index (χ2v) is 3.48. The van der Waals surface area contributed by atoms with Gasteiger partial charge in [0.1, 0.15) is 6.10 Å². The molecule has 96 valence electrons. The van der Waals surface area contributed by atoms with E-state index in [1.54, 1.807) is 13.2 Å². The minimum atomic E-state index is -0.854. The van der Waals surface area contributed by atoms with Crippen molar-refractivity contribution in [1.29, 1.82) is 0 Å². The smallest absolute Gasteiger partial charge is 0.165 e. The van der Waals surface area contributed by atoms with Gasteiger partial charge in [-0.3, -0.25) is 0 Å². The van der Waals surface area contributed by atoms with Gasteiger partial charge in [0.2, 0.25) is 0 Å². The van der Waals surface area contributed by atoms with Crippen molar-refractivity contribution < 1.29 is 23.7 Å². The maximum absolute atomic E-state index is 13.4. The summed E-state index contributed by atoms with van der Waals surface area (Å²) in [5.41, 5.74) is 0.459. The van der Waals surface area contributed by atoms with Gasteiger partial charge in [0.15, 0.2) is 11.6 Å². The molecule has 0 saturated heterocycles. The fourth-order valence-corrected chi connectivity index (χ4v) is 1.32. The van der Waals surface area contributed by atoms with Crippen LogP contribution in [0.5, 0.6) is 5.75 Å². The van der Waals surface area contributed by atoms with Crippen molar-refractivity contribution in [2.45, 2.75) is 6.10 Å². The van der Waals surface area contributed by atoms with Crippen LogP contribution in [0.2, 0.25) is 0 Å². The van der Waals surface area contributed by atoms with Crippen LogP contribution in [0, 0.1) is 5.82 Å². The highest BCUT2D eigenvalue weighted by Gasteiger charge is 2.11.